The maximum Gasteiger partial charge on any atom is 0.243 e. The van der Waals surface area contributed by atoms with Crippen molar-refractivity contribution in [2.24, 2.45) is 5.92 Å². The predicted molar refractivity (Wildman–Crippen MR) is 82.3 cm³/mol. The van der Waals surface area contributed by atoms with Crippen LogP contribution in [0.3, 0.4) is 0 Å². The van der Waals surface area contributed by atoms with E-state index in [9.17, 15) is 8.42 Å². The normalized spacial score (nSPS) is 19.1. The Bertz CT molecular complexity index is 546. The Morgan fingerprint density at radius 2 is 1.75 bits per heavy atom. The fourth-order valence-electron chi connectivity index (χ4n) is 2.46. The molecule has 0 aromatic heterocycles. The van der Waals surface area contributed by atoms with Crippen molar-refractivity contribution >= 4 is 10.0 Å². The molecule has 4 heteroatoms. The molecule has 3 nitrogen and oxygen atoms in total. The first-order valence-corrected chi connectivity index (χ1v) is 8.90. The summed E-state index contributed by atoms with van der Waals surface area (Å²) in [6.45, 7) is 6.30. The van der Waals surface area contributed by atoms with Gasteiger partial charge in [-0.2, -0.15) is 4.31 Å². The van der Waals surface area contributed by atoms with Crippen LogP contribution in [0.5, 0.6) is 0 Å². The van der Waals surface area contributed by atoms with Crippen LogP contribution < -0.4 is 0 Å². The van der Waals surface area contributed by atoms with Crippen LogP contribution in [0.15, 0.2) is 29.2 Å². The largest absolute Gasteiger partial charge is 0.243 e. The Labute approximate surface area is 123 Å². The molecular weight excluding hydrogens is 270 g/mol. The van der Waals surface area contributed by atoms with Gasteiger partial charge in [-0.3, -0.25) is 0 Å². The molecular formula is C16H25NO2S. The molecule has 1 aromatic carbocycles. The molecule has 1 aliphatic carbocycles. The van der Waals surface area contributed by atoms with Gasteiger partial charge in [-0.15, -0.1) is 0 Å². The van der Waals surface area contributed by atoms with Crippen molar-refractivity contribution in [3.05, 3.63) is 29.8 Å². The molecule has 1 saturated carbocycles. The lowest BCUT2D eigenvalue weighted by atomic mass is 9.99. The Balaban J connectivity index is 2.20. The van der Waals surface area contributed by atoms with Gasteiger partial charge in [0, 0.05) is 13.1 Å². The summed E-state index contributed by atoms with van der Waals surface area (Å²) in [4.78, 5) is 0.402. The second-order valence-electron chi connectivity index (χ2n) is 5.98. The first kappa shape index (κ1) is 15.5. The van der Waals surface area contributed by atoms with Crippen molar-refractivity contribution in [3.8, 4) is 0 Å². The van der Waals surface area contributed by atoms with E-state index < -0.39 is 10.0 Å². The molecule has 20 heavy (non-hydrogen) atoms. The van der Waals surface area contributed by atoms with E-state index in [1.165, 1.54) is 9.87 Å². The van der Waals surface area contributed by atoms with Crippen LogP contribution in [0.25, 0.3) is 0 Å². The number of benzene rings is 1. The lowest BCUT2D eigenvalue weighted by Gasteiger charge is -2.24. The van der Waals surface area contributed by atoms with Gasteiger partial charge in [0.2, 0.25) is 10.0 Å². The number of nitrogens with zero attached hydrogens (tertiary/aromatic N) is 1. The third-order valence-corrected chi connectivity index (χ3v) is 6.57. The van der Waals surface area contributed by atoms with Crippen LogP contribution in [0.4, 0.5) is 0 Å². The van der Waals surface area contributed by atoms with Crippen LogP contribution in [0.2, 0.25) is 0 Å². The van der Waals surface area contributed by atoms with E-state index in [1.54, 1.807) is 19.2 Å². The molecule has 1 aromatic rings. The molecule has 1 aliphatic rings. The summed E-state index contributed by atoms with van der Waals surface area (Å²) in [5.41, 5.74) is 1.20. The van der Waals surface area contributed by atoms with Gasteiger partial charge in [-0.25, -0.2) is 8.42 Å². The molecule has 112 valence electrons. The Morgan fingerprint density at radius 3 is 2.20 bits per heavy atom. The van der Waals surface area contributed by atoms with Crippen molar-refractivity contribution in [2.45, 2.75) is 56.9 Å². The molecule has 0 saturated heterocycles. The lowest BCUT2D eigenvalue weighted by molar-refractivity contribution is 0.357. The Hall–Kier alpha value is -0.870. The lowest BCUT2D eigenvalue weighted by Crippen LogP contribution is -2.36. The van der Waals surface area contributed by atoms with Crippen LogP contribution >= 0.6 is 0 Å². The summed E-state index contributed by atoms with van der Waals surface area (Å²) in [5.74, 6) is 1.00. The van der Waals surface area contributed by atoms with E-state index >= 15 is 0 Å². The highest BCUT2D eigenvalue weighted by atomic mass is 32.2. The van der Waals surface area contributed by atoms with Gasteiger partial charge in [0.15, 0.2) is 0 Å². The van der Waals surface area contributed by atoms with Gasteiger partial charge in [-0.1, -0.05) is 26.0 Å². The van der Waals surface area contributed by atoms with E-state index in [0.29, 0.717) is 16.7 Å². The minimum absolute atomic E-state index is 0.0919. The molecule has 0 bridgehead atoms. The maximum atomic E-state index is 12.6. The highest BCUT2D eigenvalue weighted by Gasteiger charge is 2.35. The van der Waals surface area contributed by atoms with Gasteiger partial charge in [-0.05, 0) is 55.7 Å². The van der Waals surface area contributed by atoms with Gasteiger partial charge in [0.05, 0.1) is 4.90 Å². The van der Waals surface area contributed by atoms with Crippen molar-refractivity contribution in [2.75, 3.05) is 7.05 Å². The SMILES string of the molecule is CCC(C)c1ccc(S(=O)(=O)N(C)C(C)C2CC2)cc1. The third kappa shape index (κ3) is 3.07. The van der Waals surface area contributed by atoms with Gasteiger partial charge >= 0.3 is 0 Å². The summed E-state index contributed by atoms with van der Waals surface area (Å²) in [6, 6.07) is 7.46. The third-order valence-electron chi connectivity index (χ3n) is 4.62. The van der Waals surface area contributed by atoms with Gasteiger partial charge < -0.3 is 0 Å². The first-order valence-electron chi connectivity index (χ1n) is 7.46. The number of hydrogen-bond acceptors (Lipinski definition) is 2. The fourth-order valence-corrected chi connectivity index (χ4v) is 3.89. The van der Waals surface area contributed by atoms with Crippen LogP contribution in [-0.2, 0) is 10.0 Å². The number of hydrogen-bond donors (Lipinski definition) is 0. The van der Waals surface area contributed by atoms with Crippen molar-refractivity contribution in [3.63, 3.8) is 0 Å². The highest BCUT2D eigenvalue weighted by molar-refractivity contribution is 7.89. The smallest absolute Gasteiger partial charge is 0.207 e. The van der Waals surface area contributed by atoms with Crippen LogP contribution in [-0.4, -0.2) is 25.8 Å². The molecule has 2 atom stereocenters. The van der Waals surface area contributed by atoms with E-state index in [1.807, 2.05) is 19.1 Å². The van der Waals surface area contributed by atoms with Crippen molar-refractivity contribution in [1.82, 2.24) is 4.31 Å². The monoisotopic (exact) mass is 295 g/mol. The van der Waals surface area contributed by atoms with Crippen molar-refractivity contribution < 1.29 is 8.42 Å². The second-order valence-corrected chi connectivity index (χ2v) is 7.98. The van der Waals surface area contributed by atoms with Crippen molar-refractivity contribution in [1.29, 1.82) is 0 Å². The molecule has 0 spiro atoms. The fraction of sp³-hybridized carbons (Fsp3) is 0.625. The molecule has 0 aliphatic heterocycles. The van der Waals surface area contributed by atoms with E-state index in [4.69, 9.17) is 0 Å². The maximum absolute atomic E-state index is 12.6. The molecule has 2 unspecified atom stereocenters. The molecule has 1 fully saturated rings. The molecule has 0 amide bonds. The molecule has 0 N–H and O–H groups in total. The average Bonchev–Trinajstić information content (AvgIpc) is 3.29. The summed E-state index contributed by atoms with van der Waals surface area (Å²) < 4.78 is 26.7. The topological polar surface area (TPSA) is 37.4 Å². The zero-order valence-corrected chi connectivity index (χ0v) is 13.7. The molecule has 0 heterocycles. The minimum Gasteiger partial charge on any atom is -0.207 e. The Morgan fingerprint density at radius 1 is 1.20 bits per heavy atom. The van der Waals surface area contributed by atoms with E-state index in [2.05, 4.69) is 13.8 Å². The zero-order chi connectivity index (χ0) is 14.9. The first-order chi connectivity index (χ1) is 9.37. The van der Waals surface area contributed by atoms with Crippen LogP contribution in [0, 0.1) is 5.92 Å². The summed E-state index contributed by atoms with van der Waals surface area (Å²) >= 11 is 0. The zero-order valence-electron chi connectivity index (χ0n) is 12.8. The predicted octanol–water partition coefficient (Wildman–Crippen LogP) is 3.62. The number of sulfonamides is 1. The minimum atomic E-state index is -3.36. The van der Waals surface area contributed by atoms with Gasteiger partial charge in [0.25, 0.3) is 0 Å². The highest BCUT2D eigenvalue weighted by Crippen LogP contribution is 2.36. The molecule has 2 rings (SSSR count). The van der Waals surface area contributed by atoms with E-state index in [0.717, 1.165) is 19.3 Å². The average molecular weight is 295 g/mol. The Kier molecular flexibility index (Phi) is 4.55. The van der Waals surface area contributed by atoms with Crippen LogP contribution in [0.1, 0.15) is 51.5 Å². The number of rotatable bonds is 6. The van der Waals surface area contributed by atoms with E-state index in [-0.39, 0.29) is 6.04 Å². The summed E-state index contributed by atoms with van der Waals surface area (Å²) in [5, 5.41) is 0. The van der Waals surface area contributed by atoms with Gasteiger partial charge in [0.1, 0.15) is 0 Å². The quantitative estimate of drug-likeness (QED) is 0.804. The summed E-state index contributed by atoms with van der Waals surface area (Å²) in [7, 11) is -1.66. The molecule has 0 radical (unpaired) electrons. The summed E-state index contributed by atoms with van der Waals surface area (Å²) in [6.07, 6.45) is 3.35. The standard InChI is InChI=1S/C16H25NO2S/c1-5-12(2)14-8-10-16(11-9-14)20(18,19)17(4)13(3)15-6-7-15/h8-13,15H,5-7H2,1-4H3. The second kappa shape index (κ2) is 5.86.